The van der Waals surface area contributed by atoms with Gasteiger partial charge in [-0.3, -0.25) is 9.48 Å². The maximum Gasteiger partial charge on any atom is 0.211 e. The fraction of sp³-hybridized carbons (Fsp3) is 0.286. The maximum atomic E-state index is 13.5. The molecule has 0 spiro atoms. The van der Waals surface area contributed by atoms with Crippen molar-refractivity contribution >= 4 is 5.78 Å². The lowest BCUT2D eigenvalue weighted by molar-refractivity contribution is 0.102. The number of carbonyl (C=O) groups excluding carboxylic acids is 1. The first kappa shape index (κ1) is 12.5. The summed E-state index contributed by atoms with van der Waals surface area (Å²) in [6.45, 7) is 6.03. The molecule has 2 rings (SSSR count). The zero-order valence-electron chi connectivity index (χ0n) is 10.7. The van der Waals surface area contributed by atoms with Gasteiger partial charge in [0.15, 0.2) is 0 Å². The van der Waals surface area contributed by atoms with Crippen molar-refractivity contribution in [1.29, 1.82) is 0 Å². The molecule has 0 radical (unpaired) electrons. The molecular weight excluding hydrogens is 231 g/mol. The van der Waals surface area contributed by atoms with E-state index in [0.29, 0.717) is 23.4 Å². The van der Waals surface area contributed by atoms with E-state index >= 15 is 0 Å². The van der Waals surface area contributed by atoms with Crippen molar-refractivity contribution in [2.45, 2.75) is 27.3 Å². The molecule has 1 aromatic carbocycles. The lowest BCUT2D eigenvalue weighted by Gasteiger charge is -2.04. The topological polar surface area (TPSA) is 34.9 Å². The summed E-state index contributed by atoms with van der Waals surface area (Å²) >= 11 is 0. The van der Waals surface area contributed by atoms with Gasteiger partial charge in [0, 0.05) is 12.1 Å². The van der Waals surface area contributed by atoms with Crippen molar-refractivity contribution in [1.82, 2.24) is 9.78 Å². The first-order chi connectivity index (χ1) is 8.52. The number of nitrogens with zero attached hydrogens (tertiary/aromatic N) is 2. The number of hydrogen-bond acceptors (Lipinski definition) is 2. The van der Waals surface area contributed by atoms with Crippen LogP contribution in [0.15, 0.2) is 24.3 Å². The quantitative estimate of drug-likeness (QED) is 0.780. The van der Waals surface area contributed by atoms with Gasteiger partial charge < -0.3 is 0 Å². The molecule has 0 fully saturated rings. The Bertz CT molecular complexity index is 602. The van der Waals surface area contributed by atoms with E-state index in [1.165, 1.54) is 6.07 Å². The number of aryl methyl sites for hydroxylation is 3. The van der Waals surface area contributed by atoms with Crippen LogP contribution in [0.3, 0.4) is 0 Å². The summed E-state index contributed by atoms with van der Waals surface area (Å²) in [4.78, 5) is 12.3. The van der Waals surface area contributed by atoms with Gasteiger partial charge in [-0.1, -0.05) is 12.1 Å². The van der Waals surface area contributed by atoms with E-state index in [9.17, 15) is 9.18 Å². The van der Waals surface area contributed by atoms with Crippen LogP contribution in [0.4, 0.5) is 4.39 Å². The van der Waals surface area contributed by atoms with Gasteiger partial charge in [-0.2, -0.15) is 5.10 Å². The third-order valence-corrected chi connectivity index (χ3v) is 2.87. The molecule has 0 atom stereocenters. The highest BCUT2D eigenvalue weighted by atomic mass is 19.1. The molecule has 18 heavy (non-hydrogen) atoms. The van der Waals surface area contributed by atoms with Crippen molar-refractivity contribution in [3.63, 3.8) is 0 Å². The highest BCUT2D eigenvalue weighted by Gasteiger charge is 2.16. The predicted molar refractivity (Wildman–Crippen MR) is 67.2 cm³/mol. The molecule has 0 saturated carbocycles. The van der Waals surface area contributed by atoms with Crippen LogP contribution in [0.25, 0.3) is 0 Å². The summed E-state index contributed by atoms with van der Waals surface area (Å²) in [5.41, 5.74) is 2.17. The van der Waals surface area contributed by atoms with Crippen LogP contribution in [0.1, 0.15) is 34.2 Å². The van der Waals surface area contributed by atoms with Crippen LogP contribution < -0.4 is 0 Å². The fourth-order valence-corrected chi connectivity index (χ4v) is 1.85. The standard InChI is InChI=1S/C14H15FN2O/c1-4-17-13(7-10(3)16-17)14(18)11-6-5-9(2)12(15)8-11/h5-8H,4H2,1-3H3. The van der Waals surface area contributed by atoms with Crippen LogP contribution in [0, 0.1) is 19.7 Å². The maximum absolute atomic E-state index is 13.5. The Morgan fingerprint density at radius 3 is 2.67 bits per heavy atom. The summed E-state index contributed by atoms with van der Waals surface area (Å²) < 4.78 is 15.1. The third-order valence-electron chi connectivity index (χ3n) is 2.87. The van der Waals surface area contributed by atoms with Crippen LogP contribution in [0.5, 0.6) is 0 Å². The Hall–Kier alpha value is -1.97. The minimum absolute atomic E-state index is 0.198. The van der Waals surface area contributed by atoms with Crippen LogP contribution in [-0.4, -0.2) is 15.6 Å². The molecule has 3 nitrogen and oxygen atoms in total. The number of aromatic nitrogens is 2. The largest absolute Gasteiger partial charge is 0.287 e. The summed E-state index contributed by atoms with van der Waals surface area (Å²) in [6.07, 6.45) is 0. The lowest BCUT2D eigenvalue weighted by Crippen LogP contribution is -2.10. The van der Waals surface area contributed by atoms with Crippen molar-refractivity contribution in [3.8, 4) is 0 Å². The van der Waals surface area contributed by atoms with Gasteiger partial charge in [-0.15, -0.1) is 0 Å². The van der Waals surface area contributed by atoms with E-state index in [4.69, 9.17) is 0 Å². The molecule has 0 N–H and O–H groups in total. The zero-order valence-corrected chi connectivity index (χ0v) is 10.7. The molecule has 2 aromatic rings. The van der Waals surface area contributed by atoms with E-state index < -0.39 is 0 Å². The molecular formula is C14H15FN2O. The molecule has 0 bridgehead atoms. The van der Waals surface area contributed by atoms with E-state index in [2.05, 4.69) is 5.10 Å². The molecule has 0 saturated heterocycles. The molecule has 94 valence electrons. The number of benzene rings is 1. The molecule has 0 aliphatic carbocycles. The molecule has 0 unspecified atom stereocenters. The number of carbonyl (C=O) groups is 1. The van der Waals surface area contributed by atoms with Crippen molar-refractivity contribution in [3.05, 3.63) is 52.6 Å². The Morgan fingerprint density at radius 1 is 1.33 bits per heavy atom. The van der Waals surface area contributed by atoms with Gasteiger partial charge in [0.25, 0.3) is 0 Å². The second-order valence-electron chi connectivity index (χ2n) is 4.28. The van der Waals surface area contributed by atoms with Gasteiger partial charge in [0.1, 0.15) is 11.5 Å². The van der Waals surface area contributed by atoms with Gasteiger partial charge in [0.2, 0.25) is 5.78 Å². The first-order valence-corrected chi connectivity index (χ1v) is 5.88. The Kier molecular flexibility index (Phi) is 3.28. The number of halogens is 1. The number of hydrogen-bond donors (Lipinski definition) is 0. The van der Waals surface area contributed by atoms with Crippen molar-refractivity contribution < 1.29 is 9.18 Å². The Morgan fingerprint density at radius 2 is 2.06 bits per heavy atom. The summed E-state index contributed by atoms with van der Waals surface area (Å²) in [5, 5.41) is 4.22. The minimum Gasteiger partial charge on any atom is -0.287 e. The SMILES string of the molecule is CCn1nc(C)cc1C(=O)c1ccc(C)c(F)c1. The summed E-state index contributed by atoms with van der Waals surface area (Å²) in [7, 11) is 0. The van der Waals surface area contributed by atoms with Crippen LogP contribution >= 0.6 is 0 Å². The number of ketones is 1. The molecule has 1 aromatic heterocycles. The smallest absolute Gasteiger partial charge is 0.211 e. The second kappa shape index (κ2) is 4.72. The Labute approximate surface area is 105 Å². The summed E-state index contributed by atoms with van der Waals surface area (Å²) in [5.74, 6) is -0.559. The monoisotopic (exact) mass is 246 g/mol. The van der Waals surface area contributed by atoms with Gasteiger partial charge in [-0.25, -0.2) is 4.39 Å². The van der Waals surface area contributed by atoms with Crippen molar-refractivity contribution in [2.75, 3.05) is 0 Å². The van der Waals surface area contributed by atoms with Crippen LogP contribution in [0.2, 0.25) is 0 Å². The lowest BCUT2D eigenvalue weighted by atomic mass is 10.1. The molecule has 0 aliphatic rings. The highest BCUT2D eigenvalue weighted by molar-refractivity contribution is 6.08. The fourth-order valence-electron chi connectivity index (χ4n) is 1.85. The van der Waals surface area contributed by atoms with E-state index in [1.54, 1.807) is 29.8 Å². The van der Waals surface area contributed by atoms with E-state index in [0.717, 1.165) is 5.69 Å². The third kappa shape index (κ3) is 2.18. The average molecular weight is 246 g/mol. The Balaban J connectivity index is 2.44. The van der Waals surface area contributed by atoms with Gasteiger partial charge >= 0.3 is 0 Å². The molecule has 0 amide bonds. The first-order valence-electron chi connectivity index (χ1n) is 5.88. The highest BCUT2D eigenvalue weighted by Crippen LogP contribution is 2.15. The van der Waals surface area contributed by atoms with Crippen LogP contribution in [-0.2, 0) is 6.54 Å². The van der Waals surface area contributed by atoms with Crippen molar-refractivity contribution in [2.24, 2.45) is 0 Å². The van der Waals surface area contributed by atoms with Gasteiger partial charge in [0.05, 0.1) is 5.69 Å². The van der Waals surface area contributed by atoms with E-state index in [1.807, 2.05) is 13.8 Å². The van der Waals surface area contributed by atoms with E-state index in [-0.39, 0.29) is 11.6 Å². The number of rotatable bonds is 3. The average Bonchev–Trinajstić information content (AvgIpc) is 2.73. The molecule has 0 aliphatic heterocycles. The molecule has 1 heterocycles. The second-order valence-corrected chi connectivity index (χ2v) is 4.28. The molecule has 4 heteroatoms. The zero-order chi connectivity index (χ0) is 13.3. The normalized spacial score (nSPS) is 10.7. The van der Waals surface area contributed by atoms with Gasteiger partial charge in [-0.05, 0) is 38.5 Å². The summed E-state index contributed by atoms with van der Waals surface area (Å²) in [6, 6.07) is 6.26. The minimum atomic E-state index is -0.361. The predicted octanol–water partition coefficient (Wildman–Crippen LogP) is 2.89.